The first-order chi connectivity index (χ1) is 8.74. The van der Waals surface area contributed by atoms with E-state index in [1.807, 2.05) is 6.08 Å². The minimum Gasteiger partial charge on any atom is -0.394 e. The molecule has 0 aromatic rings. The predicted octanol–water partition coefficient (Wildman–Crippen LogP) is 1.84. The normalized spacial score (nSPS) is 37.9. The molecule has 0 spiro atoms. The van der Waals surface area contributed by atoms with Crippen LogP contribution in [-0.4, -0.2) is 35.0 Å². The average molecular weight is 253 g/mol. The molecule has 104 valence electrons. The molecular formula is C15H27NO2. The molecule has 1 aliphatic carbocycles. The van der Waals surface area contributed by atoms with Crippen LogP contribution in [0.25, 0.3) is 0 Å². The smallest absolute Gasteiger partial charge is 0.0773 e. The number of rotatable bonds is 5. The van der Waals surface area contributed by atoms with Gasteiger partial charge in [0.25, 0.3) is 0 Å². The van der Waals surface area contributed by atoms with Gasteiger partial charge in [-0.15, -0.1) is 6.58 Å². The first kappa shape index (κ1) is 14.0. The summed E-state index contributed by atoms with van der Waals surface area (Å²) in [5, 5.41) is 22.4. The molecule has 1 saturated heterocycles. The lowest BCUT2D eigenvalue weighted by Crippen LogP contribution is -2.51. The molecule has 0 bridgehead atoms. The standard InChI is InChI=1S/C15H27NO2/c1-2-4-12-7-8-14-11(9-13(18)10-17)5-3-6-15(14)16-12/h2,11-18H,1,3-10H2. The van der Waals surface area contributed by atoms with Gasteiger partial charge in [-0.3, -0.25) is 0 Å². The Balaban J connectivity index is 1.90. The Bertz CT molecular complexity index is 269. The Kier molecular flexibility index (Phi) is 5.22. The number of nitrogens with one attached hydrogen (secondary N) is 1. The van der Waals surface area contributed by atoms with Gasteiger partial charge in [-0.1, -0.05) is 12.5 Å². The van der Waals surface area contributed by atoms with Crippen LogP contribution in [0.2, 0.25) is 0 Å². The van der Waals surface area contributed by atoms with Gasteiger partial charge in [0.2, 0.25) is 0 Å². The fraction of sp³-hybridized carbons (Fsp3) is 0.867. The average Bonchev–Trinajstić information content (AvgIpc) is 2.39. The lowest BCUT2D eigenvalue weighted by Gasteiger charge is -2.45. The van der Waals surface area contributed by atoms with Crippen molar-refractivity contribution >= 4 is 0 Å². The third-order valence-corrected chi connectivity index (χ3v) is 4.75. The van der Waals surface area contributed by atoms with E-state index in [2.05, 4.69) is 11.9 Å². The van der Waals surface area contributed by atoms with Crippen LogP contribution in [0.1, 0.15) is 44.9 Å². The van der Waals surface area contributed by atoms with Gasteiger partial charge in [0.05, 0.1) is 12.7 Å². The van der Waals surface area contributed by atoms with Crippen molar-refractivity contribution in [2.24, 2.45) is 11.8 Å². The summed E-state index contributed by atoms with van der Waals surface area (Å²) >= 11 is 0. The maximum Gasteiger partial charge on any atom is 0.0773 e. The van der Waals surface area contributed by atoms with E-state index in [-0.39, 0.29) is 6.61 Å². The van der Waals surface area contributed by atoms with Crippen molar-refractivity contribution in [3.8, 4) is 0 Å². The SMILES string of the molecule is C=CCC1CCC2C(CC(O)CO)CCCC2N1. The maximum absolute atomic E-state index is 9.65. The van der Waals surface area contributed by atoms with E-state index in [1.165, 1.54) is 32.1 Å². The summed E-state index contributed by atoms with van der Waals surface area (Å²) in [6, 6.07) is 1.22. The van der Waals surface area contributed by atoms with E-state index < -0.39 is 6.10 Å². The molecule has 18 heavy (non-hydrogen) atoms. The lowest BCUT2D eigenvalue weighted by molar-refractivity contribution is 0.0353. The van der Waals surface area contributed by atoms with Crippen LogP contribution in [0, 0.1) is 11.8 Å². The Morgan fingerprint density at radius 1 is 1.28 bits per heavy atom. The van der Waals surface area contributed by atoms with E-state index >= 15 is 0 Å². The zero-order chi connectivity index (χ0) is 13.0. The van der Waals surface area contributed by atoms with Gasteiger partial charge in [-0.05, 0) is 50.4 Å². The topological polar surface area (TPSA) is 52.5 Å². The van der Waals surface area contributed by atoms with Crippen molar-refractivity contribution in [2.45, 2.75) is 63.1 Å². The van der Waals surface area contributed by atoms with E-state index in [0.29, 0.717) is 23.9 Å². The molecule has 1 heterocycles. The Labute approximate surface area is 110 Å². The highest BCUT2D eigenvalue weighted by molar-refractivity contribution is 4.95. The number of fused-ring (bicyclic) bond motifs is 1. The third kappa shape index (κ3) is 3.34. The zero-order valence-electron chi connectivity index (χ0n) is 11.2. The lowest BCUT2D eigenvalue weighted by atomic mass is 9.69. The number of aliphatic hydroxyl groups is 2. The maximum atomic E-state index is 9.65. The fourth-order valence-electron chi connectivity index (χ4n) is 3.88. The first-order valence-corrected chi connectivity index (χ1v) is 7.40. The molecule has 5 unspecified atom stereocenters. The van der Waals surface area contributed by atoms with Crippen LogP contribution >= 0.6 is 0 Å². The zero-order valence-corrected chi connectivity index (χ0v) is 11.2. The van der Waals surface area contributed by atoms with Crippen molar-refractivity contribution in [1.29, 1.82) is 0 Å². The van der Waals surface area contributed by atoms with Crippen LogP contribution in [0.15, 0.2) is 12.7 Å². The Morgan fingerprint density at radius 3 is 2.83 bits per heavy atom. The van der Waals surface area contributed by atoms with E-state index in [0.717, 1.165) is 12.8 Å². The van der Waals surface area contributed by atoms with E-state index in [4.69, 9.17) is 5.11 Å². The molecule has 0 aromatic carbocycles. The number of aliphatic hydroxyl groups excluding tert-OH is 2. The highest BCUT2D eigenvalue weighted by Gasteiger charge is 2.37. The molecular weight excluding hydrogens is 226 g/mol. The molecule has 0 aromatic heterocycles. The van der Waals surface area contributed by atoms with Crippen LogP contribution in [0.4, 0.5) is 0 Å². The molecule has 3 heteroatoms. The summed E-state index contributed by atoms with van der Waals surface area (Å²) in [5.74, 6) is 1.28. The molecule has 0 amide bonds. The van der Waals surface area contributed by atoms with Gasteiger partial charge in [-0.2, -0.15) is 0 Å². The van der Waals surface area contributed by atoms with Crippen LogP contribution in [0.3, 0.4) is 0 Å². The molecule has 3 N–H and O–H groups in total. The van der Waals surface area contributed by atoms with Gasteiger partial charge in [0, 0.05) is 12.1 Å². The van der Waals surface area contributed by atoms with Crippen LogP contribution in [0.5, 0.6) is 0 Å². The molecule has 1 aliphatic heterocycles. The fourth-order valence-corrected chi connectivity index (χ4v) is 3.88. The van der Waals surface area contributed by atoms with Gasteiger partial charge >= 0.3 is 0 Å². The van der Waals surface area contributed by atoms with E-state index in [9.17, 15) is 5.11 Å². The second kappa shape index (κ2) is 6.69. The summed E-state index contributed by atoms with van der Waals surface area (Å²) in [6.07, 6.45) is 9.53. The van der Waals surface area contributed by atoms with Gasteiger partial charge in [0.1, 0.15) is 0 Å². The molecule has 5 atom stereocenters. The van der Waals surface area contributed by atoms with E-state index in [1.54, 1.807) is 0 Å². The molecule has 3 nitrogen and oxygen atoms in total. The van der Waals surface area contributed by atoms with Gasteiger partial charge in [-0.25, -0.2) is 0 Å². The van der Waals surface area contributed by atoms with Gasteiger partial charge < -0.3 is 15.5 Å². The third-order valence-electron chi connectivity index (χ3n) is 4.75. The van der Waals surface area contributed by atoms with Crippen LogP contribution < -0.4 is 5.32 Å². The molecule has 2 fully saturated rings. The highest BCUT2D eigenvalue weighted by atomic mass is 16.3. The first-order valence-electron chi connectivity index (χ1n) is 7.40. The van der Waals surface area contributed by atoms with Crippen LogP contribution in [-0.2, 0) is 0 Å². The predicted molar refractivity (Wildman–Crippen MR) is 73.3 cm³/mol. The summed E-state index contributed by atoms with van der Waals surface area (Å²) in [4.78, 5) is 0. The molecule has 1 saturated carbocycles. The summed E-state index contributed by atoms with van der Waals surface area (Å²) < 4.78 is 0. The summed E-state index contributed by atoms with van der Waals surface area (Å²) in [5.41, 5.74) is 0. The number of hydrogen-bond donors (Lipinski definition) is 3. The van der Waals surface area contributed by atoms with Crippen molar-refractivity contribution in [1.82, 2.24) is 5.32 Å². The largest absolute Gasteiger partial charge is 0.394 e. The second-order valence-electron chi connectivity index (χ2n) is 6.00. The molecule has 2 aliphatic rings. The summed E-state index contributed by atoms with van der Waals surface area (Å²) in [6.45, 7) is 3.73. The monoisotopic (exact) mass is 253 g/mol. The Morgan fingerprint density at radius 2 is 2.11 bits per heavy atom. The van der Waals surface area contributed by atoms with Crippen molar-refractivity contribution in [2.75, 3.05) is 6.61 Å². The van der Waals surface area contributed by atoms with Crippen molar-refractivity contribution in [3.05, 3.63) is 12.7 Å². The molecule has 0 radical (unpaired) electrons. The Hall–Kier alpha value is -0.380. The highest BCUT2D eigenvalue weighted by Crippen LogP contribution is 2.39. The van der Waals surface area contributed by atoms with Crippen molar-refractivity contribution in [3.63, 3.8) is 0 Å². The summed E-state index contributed by atoms with van der Waals surface area (Å²) in [7, 11) is 0. The van der Waals surface area contributed by atoms with Crippen molar-refractivity contribution < 1.29 is 10.2 Å². The quantitative estimate of drug-likeness (QED) is 0.655. The molecule has 2 rings (SSSR count). The minimum atomic E-state index is -0.528. The minimum absolute atomic E-state index is 0.0968. The van der Waals surface area contributed by atoms with Gasteiger partial charge in [0.15, 0.2) is 0 Å². The number of piperidine rings is 1. The second-order valence-corrected chi connectivity index (χ2v) is 6.00. The number of hydrogen-bond acceptors (Lipinski definition) is 3.